The fourth-order valence-electron chi connectivity index (χ4n) is 2.59. The molecule has 3 aromatic rings. The molecular formula is C19H21N5O. The third kappa shape index (κ3) is 4.23. The Bertz CT molecular complexity index is 815. The fraction of sp³-hybridized carbons (Fsp3) is 0.211. The summed E-state index contributed by atoms with van der Waals surface area (Å²) in [6.07, 6.45) is 3.26. The van der Waals surface area contributed by atoms with Crippen LogP contribution < -0.4 is 10.2 Å². The maximum atomic E-state index is 12.8. The van der Waals surface area contributed by atoms with E-state index in [1.54, 1.807) is 17.2 Å². The lowest BCUT2D eigenvalue weighted by Gasteiger charge is -2.19. The molecule has 1 amide bonds. The van der Waals surface area contributed by atoms with Gasteiger partial charge in [0.05, 0.1) is 25.0 Å². The van der Waals surface area contributed by atoms with E-state index >= 15 is 0 Å². The second-order valence-electron chi connectivity index (χ2n) is 5.97. The molecule has 1 N–H and O–H groups in total. The maximum Gasteiger partial charge on any atom is 0.251 e. The Morgan fingerprint density at radius 3 is 2.48 bits per heavy atom. The second-order valence-corrected chi connectivity index (χ2v) is 5.97. The Kier molecular flexibility index (Phi) is 5.09. The first-order valence-corrected chi connectivity index (χ1v) is 8.11. The summed E-state index contributed by atoms with van der Waals surface area (Å²) < 4.78 is 0. The van der Waals surface area contributed by atoms with Gasteiger partial charge in [-0.2, -0.15) is 15.0 Å². The lowest BCUT2D eigenvalue weighted by molar-refractivity contribution is 0.0931. The number of hydrogen-bond acceptors (Lipinski definition) is 4. The van der Waals surface area contributed by atoms with Gasteiger partial charge in [-0.15, -0.1) is 0 Å². The minimum atomic E-state index is -0.218. The van der Waals surface area contributed by atoms with Crippen molar-refractivity contribution in [2.24, 2.45) is 0 Å². The quantitative estimate of drug-likeness (QED) is 0.752. The standard InChI is InChI=1S/C19H21N5O/c1-23(2)17-10-6-9-16(13-17)19(25)22-18(14-24-20-11-12-21-24)15-7-4-3-5-8-15/h3-13,18H,14H2,1-2H3,(H,22,25). The molecule has 0 aliphatic rings. The number of anilines is 1. The van der Waals surface area contributed by atoms with Crippen molar-refractivity contribution in [1.82, 2.24) is 20.3 Å². The van der Waals surface area contributed by atoms with Gasteiger partial charge in [0.25, 0.3) is 5.91 Å². The number of rotatable bonds is 6. The van der Waals surface area contributed by atoms with E-state index in [-0.39, 0.29) is 11.9 Å². The predicted molar refractivity (Wildman–Crippen MR) is 97.4 cm³/mol. The fourth-order valence-corrected chi connectivity index (χ4v) is 2.59. The van der Waals surface area contributed by atoms with Crippen LogP contribution in [0.4, 0.5) is 5.69 Å². The van der Waals surface area contributed by atoms with Crippen molar-refractivity contribution in [3.05, 3.63) is 78.1 Å². The topological polar surface area (TPSA) is 63.1 Å². The second kappa shape index (κ2) is 7.61. The molecule has 1 atom stereocenters. The summed E-state index contributed by atoms with van der Waals surface area (Å²) in [5.74, 6) is -0.121. The van der Waals surface area contributed by atoms with Crippen LogP contribution >= 0.6 is 0 Å². The average molecular weight is 335 g/mol. The molecule has 3 rings (SSSR count). The number of nitrogens with zero attached hydrogens (tertiary/aromatic N) is 4. The van der Waals surface area contributed by atoms with E-state index in [1.165, 1.54) is 0 Å². The number of benzene rings is 2. The summed E-state index contributed by atoms with van der Waals surface area (Å²) in [5.41, 5.74) is 2.62. The van der Waals surface area contributed by atoms with Crippen LogP contribution in [-0.2, 0) is 6.54 Å². The number of hydrogen-bond donors (Lipinski definition) is 1. The Balaban J connectivity index is 1.82. The highest BCUT2D eigenvalue weighted by Crippen LogP contribution is 2.17. The molecule has 0 spiro atoms. The number of nitrogens with one attached hydrogen (secondary N) is 1. The monoisotopic (exact) mass is 335 g/mol. The molecule has 0 radical (unpaired) electrons. The molecule has 1 heterocycles. The Morgan fingerprint density at radius 2 is 1.80 bits per heavy atom. The van der Waals surface area contributed by atoms with Gasteiger partial charge in [0, 0.05) is 25.3 Å². The summed E-state index contributed by atoms with van der Waals surface area (Å²) in [6, 6.07) is 17.2. The first-order valence-electron chi connectivity index (χ1n) is 8.11. The lowest BCUT2D eigenvalue weighted by atomic mass is 10.1. The van der Waals surface area contributed by atoms with E-state index in [2.05, 4.69) is 15.5 Å². The first-order chi connectivity index (χ1) is 12.1. The summed E-state index contributed by atoms with van der Waals surface area (Å²) in [7, 11) is 3.90. The highest BCUT2D eigenvalue weighted by Gasteiger charge is 2.17. The van der Waals surface area contributed by atoms with Crippen molar-refractivity contribution in [2.45, 2.75) is 12.6 Å². The third-order valence-corrected chi connectivity index (χ3v) is 3.94. The Morgan fingerprint density at radius 1 is 1.08 bits per heavy atom. The third-order valence-electron chi connectivity index (χ3n) is 3.94. The van der Waals surface area contributed by atoms with Crippen molar-refractivity contribution >= 4 is 11.6 Å². The van der Waals surface area contributed by atoms with Gasteiger partial charge in [0.2, 0.25) is 0 Å². The van der Waals surface area contributed by atoms with Gasteiger partial charge >= 0.3 is 0 Å². The van der Waals surface area contributed by atoms with E-state index in [1.807, 2.05) is 73.6 Å². The molecule has 0 aliphatic carbocycles. The Labute approximate surface area is 147 Å². The maximum absolute atomic E-state index is 12.8. The van der Waals surface area contributed by atoms with Gasteiger partial charge in [-0.3, -0.25) is 4.79 Å². The summed E-state index contributed by atoms with van der Waals surface area (Å²) in [4.78, 5) is 16.3. The molecule has 0 saturated heterocycles. The molecular weight excluding hydrogens is 314 g/mol. The van der Waals surface area contributed by atoms with E-state index in [4.69, 9.17) is 0 Å². The summed E-state index contributed by atoms with van der Waals surface area (Å²) in [6.45, 7) is 0.468. The lowest BCUT2D eigenvalue weighted by Crippen LogP contribution is -2.32. The van der Waals surface area contributed by atoms with Gasteiger partial charge < -0.3 is 10.2 Å². The number of carbonyl (C=O) groups is 1. The van der Waals surface area contributed by atoms with Crippen molar-refractivity contribution in [3.8, 4) is 0 Å². The zero-order valence-corrected chi connectivity index (χ0v) is 14.3. The average Bonchev–Trinajstić information content (AvgIpc) is 3.15. The van der Waals surface area contributed by atoms with E-state index in [9.17, 15) is 4.79 Å². The van der Waals surface area contributed by atoms with Crippen LogP contribution in [-0.4, -0.2) is 35.0 Å². The van der Waals surface area contributed by atoms with Gasteiger partial charge in [-0.25, -0.2) is 0 Å². The molecule has 1 unspecified atom stereocenters. The summed E-state index contributed by atoms with van der Waals surface area (Å²) >= 11 is 0. The highest BCUT2D eigenvalue weighted by atomic mass is 16.1. The molecule has 0 bridgehead atoms. The molecule has 6 nitrogen and oxygen atoms in total. The van der Waals surface area contributed by atoms with Crippen molar-refractivity contribution in [1.29, 1.82) is 0 Å². The van der Waals surface area contributed by atoms with Crippen LogP contribution in [0.15, 0.2) is 67.0 Å². The van der Waals surface area contributed by atoms with Gasteiger partial charge in [0.15, 0.2) is 0 Å². The van der Waals surface area contributed by atoms with E-state index in [0.717, 1.165) is 11.3 Å². The Hall–Kier alpha value is -3.15. The minimum Gasteiger partial charge on any atom is -0.378 e. The summed E-state index contributed by atoms with van der Waals surface area (Å²) in [5, 5.41) is 11.4. The molecule has 25 heavy (non-hydrogen) atoms. The smallest absolute Gasteiger partial charge is 0.251 e. The van der Waals surface area contributed by atoms with Crippen molar-refractivity contribution in [3.63, 3.8) is 0 Å². The zero-order chi connectivity index (χ0) is 17.6. The highest BCUT2D eigenvalue weighted by molar-refractivity contribution is 5.95. The van der Waals surface area contributed by atoms with Crippen LogP contribution in [0.1, 0.15) is 22.0 Å². The minimum absolute atomic E-state index is 0.121. The van der Waals surface area contributed by atoms with Crippen LogP contribution in [0.2, 0.25) is 0 Å². The largest absolute Gasteiger partial charge is 0.378 e. The van der Waals surface area contributed by atoms with E-state index in [0.29, 0.717) is 12.1 Å². The van der Waals surface area contributed by atoms with Crippen LogP contribution in [0.25, 0.3) is 0 Å². The van der Waals surface area contributed by atoms with Crippen LogP contribution in [0.5, 0.6) is 0 Å². The molecule has 6 heteroatoms. The number of amides is 1. The predicted octanol–water partition coefficient (Wildman–Crippen LogP) is 2.52. The van der Waals surface area contributed by atoms with Gasteiger partial charge in [-0.1, -0.05) is 36.4 Å². The van der Waals surface area contributed by atoms with Crippen LogP contribution in [0, 0.1) is 0 Å². The molecule has 0 fully saturated rings. The zero-order valence-electron chi connectivity index (χ0n) is 14.3. The molecule has 2 aromatic carbocycles. The van der Waals surface area contributed by atoms with Crippen molar-refractivity contribution < 1.29 is 4.79 Å². The molecule has 128 valence electrons. The molecule has 1 aromatic heterocycles. The van der Waals surface area contributed by atoms with Crippen LogP contribution in [0.3, 0.4) is 0 Å². The SMILES string of the molecule is CN(C)c1cccc(C(=O)NC(Cn2nccn2)c2ccccc2)c1. The van der Waals surface area contributed by atoms with E-state index < -0.39 is 0 Å². The van der Waals surface area contributed by atoms with Gasteiger partial charge in [0.1, 0.15) is 0 Å². The van der Waals surface area contributed by atoms with Gasteiger partial charge in [-0.05, 0) is 23.8 Å². The number of carbonyl (C=O) groups excluding carboxylic acids is 1. The van der Waals surface area contributed by atoms with Crippen molar-refractivity contribution in [2.75, 3.05) is 19.0 Å². The molecule has 0 aliphatic heterocycles. The normalized spacial score (nSPS) is 11.8. The number of aromatic nitrogens is 3. The molecule has 0 saturated carbocycles. The first kappa shape index (κ1) is 16.7.